The number of hydrogen-bond acceptors (Lipinski definition) is 10. The summed E-state index contributed by atoms with van der Waals surface area (Å²) in [5, 5.41) is 22.8. The molecule has 19 atom stereocenters. The van der Waals surface area contributed by atoms with Gasteiger partial charge in [0.25, 0.3) is 0 Å². The lowest BCUT2D eigenvalue weighted by molar-refractivity contribution is -0.189. The summed E-state index contributed by atoms with van der Waals surface area (Å²) in [5.74, 6) is 1.85. The van der Waals surface area contributed by atoms with Gasteiger partial charge < -0.3 is 29.2 Å². The molecule has 12 heteroatoms. The number of carbonyl (C=O) groups is 4. The van der Waals surface area contributed by atoms with E-state index in [1.807, 2.05) is 6.92 Å². The number of hydrogen-bond donors (Lipinski definition) is 2. The Labute approximate surface area is 406 Å². The van der Waals surface area contributed by atoms with Crippen molar-refractivity contribution >= 4 is 55.7 Å². The van der Waals surface area contributed by atoms with E-state index in [1.165, 1.54) is 12.5 Å². The zero-order valence-electron chi connectivity index (χ0n) is 40.8. The van der Waals surface area contributed by atoms with E-state index < -0.39 is 6.10 Å². The number of alkyl halides is 2. The maximum atomic E-state index is 12.2. The summed E-state index contributed by atoms with van der Waals surface area (Å²) in [7, 11) is 0. The highest BCUT2D eigenvalue weighted by atomic mass is 79.9. The van der Waals surface area contributed by atoms with Crippen LogP contribution in [0.25, 0.3) is 0 Å². The van der Waals surface area contributed by atoms with Crippen molar-refractivity contribution in [2.75, 3.05) is 0 Å². The molecule has 0 amide bonds. The van der Waals surface area contributed by atoms with E-state index in [4.69, 9.17) is 18.9 Å². The minimum absolute atomic E-state index is 0.00118. The Balaban J connectivity index is 0.000000194. The molecule has 0 saturated heterocycles. The van der Waals surface area contributed by atoms with Crippen LogP contribution in [-0.2, 0) is 38.1 Å². The number of esters is 4. The molecule has 65 heavy (non-hydrogen) atoms. The van der Waals surface area contributed by atoms with Gasteiger partial charge in [-0.05, 0) is 142 Å². The molecule has 0 heterocycles. The van der Waals surface area contributed by atoms with Crippen LogP contribution in [0.4, 0.5) is 0 Å². The van der Waals surface area contributed by atoms with Gasteiger partial charge in [-0.25, -0.2) is 0 Å². The molecule has 8 aliphatic carbocycles. The molecule has 7 fully saturated rings. The molecule has 7 saturated carbocycles. The molecule has 0 radical (unpaired) electrons. The van der Waals surface area contributed by atoms with Gasteiger partial charge in [0.05, 0.1) is 21.9 Å². The Morgan fingerprint density at radius 3 is 1.75 bits per heavy atom. The van der Waals surface area contributed by atoms with Crippen LogP contribution in [0.15, 0.2) is 11.6 Å². The quantitative estimate of drug-likeness (QED) is 0.0888. The fourth-order valence-corrected chi connectivity index (χ4v) is 18.0. The molecule has 0 spiro atoms. The second-order valence-corrected chi connectivity index (χ2v) is 25.4. The van der Waals surface area contributed by atoms with Gasteiger partial charge in [-0.2, -0.15) is 0 Å². The number of unbranched alkanes of at least 4 members (excludes halogenated alkanes) is 2. The molecule has 0 aromatic carbocycles. The maximum absolute atomic E-state index is 12.2. The second-order valence-electron chi connectivity index (χ2n) is 23.0. The predicted octanol–water partition coefficient (Wildman–Crippen LogP) is 11.1. The average Bonchev–Trinajstić information content (AvgIpc) is 3.66. The average molecular weight is 1040 g/mol. The molecule has 0 aromatic rings. The molecule has 8 aliphatic rings. The van der Waals surface area contributed by atoms with Gasteiger partial charge in [0, 0.05) is 43.4 Å². The van der Waals surface area contributed by atoms with E-state index in [1.54, 1.807) is 0 Å². The van der Waals surface area contributed by atoms with Crippen molar-refractivity contribution in [1.82, 2.24) is 0 Å². The minimum atomic E-state index is -0.502. The molecular formula is C53H82Br2O10. The van der Waals surface area contributed by atoms with Crippen LogP contribution in [0.3, 0.4) is 0 Å². The first kappa shape index (κ1) is 51.4. The first-order valence-corrected chi connectivity index (χ1v) is 27.7. The number of rotatable bonds is 11. The fourth-order valence-electron chi connectivity index (χ4n) is 15.8. The molecule has 0 aliphatic heterocycles. The summed E-state index contributed by atoms with van der Waals surface area (Å²) in [5.41, 5.74) is 1.29. The molecule has 0 bridgehead atoms. The zero-order valence-corrected chi connectivity index (χ0v) is 44.0. The number of carbonyl (C=O) groups excluding carboxylic acids is 4. The number of ether oxygens (including phenoxy) is 4. The summed E-state index contributed by atoms with van der Waals surface area (Å²) in [6, 6.07) is 0. The molecule has 7 unspecified atom stereocenters. The Bertz CT molecular complexity index is 1770. The van der Waals surface area contributed by atoms with Crippen molar-refractivity contribution < 1.29 is 48.3 Å². The Hall–Kier alpha value is -1.50. The second kappa shape index (κ2) is 20.5. The van der Waals surface area contributed by atoms with E-state index in [0.717, 1.165) is 109 Å². The van der Waals surface area contributed by atoms with Crippen LogP contribution in [0, 0.1) is 63.1 Å². The highest BCUT2D eigenvalue weighted by Crippen LogP contribution is 2.68. The van der Waals surface area contributed by atoms with E-state index >= 15 is 0 Å². The Morgan fingerprint density at radius 1 is 0.631 bits per heavy atom. The lowest BCUT2D eigenvalue weighted by Gasteiger charge is -2.62. The monoisotopic (exact) mass is 1040 g/mol. The predicted molar refractivity (Wildman–Crippen MR) is 257 cm³/mol. The van der Waals surface area contributed by atoms with E-state index in [9.17, 15) is 29.4 Å². The molecule has 2 N–H and O–H groups in total. The van der Waals surface area contributed by atoms with Crippen LogP contribution >= 0.6 is 31.9 Å². The van der Waals surface area contributed by atoms with Gasteiger partial charge in [0.15, 0.2) is 0 Å². The number of halogens is 2. The largest absolute Gasteiger partial charge is 0.462 e. The van der Waals surface area contributed by atoms with E-state index in [-0.39, 0.29) is 97.5 Å². The van der Waals surface area contributed by atoms with Crippen molar-refractivity contribution in [1.29, 1.82) is 0 Å². The molecule has 8 rings (SSSR count). The van der Waals surface area contributed by atoms with Gasteiger partial charge in [0.1, 0.15) is 24.4 Å². The number of aliphatic hydroxyl groups is 2. The standard InChI is InChI=1S/C27H43BrO5.C26H39BrO5/c1-5-7-8-23(31)32-17-9-11-26(3)16(13-17)14-21(29)24-18(26)10-12-27(4)19(24)15-20(28)25(27)33-22(30)6-2;1-5-6-7-22(30)32-17-8-10-25(3)16(12-17)13-21(29)23-18(25)9-11-26(4)19(23)14-20(27)24(26)31-15(2)28/h16-21,24-25,29H,5-15H2,1-4H3;13,17-21,23-24,29H,5-12,14H2,1-4H3/t16?,17-,18?,19?,20+,21-,24?,25-,26-,27-;17-,18?,19?,20+,21-,23?,24-,25-,26-/m00/s1. The lowest BCUT2D eigenvalue weighted by Crippen LogP contribution is -2.59. The van der Waals surface area contributed by atoms with Gasteiger partial charge >= 0.3 is 23.9 Å². The van der Waals surface area contributed by atoms with Gasteiger partial charge in [-0.15, -0.1) is 0 Å². The van der Waals surface area contributed by atoms with E-state index in [2.05, 4.69) is 79.5 Å². The third-order valence-corrected chi connectivity index (χ3v) is 21.1. The number of aliphatic hydroxyl groups excluding tert-OH is 2. The SMILES string of the molecule is CCCCC(=O)O[C@H]1CC[C@@]2(C)C(=C[C@H](O)C3C2CC[C@@]2(C)C3C[C@@H](Br)[C@@H]2OC(C)=O)C1.CCCCC(=O)O[C@H]1CC[C@@]2(C)C(C1)C[C@H](O)C1C2CC[C@@]2(C)C1C[C@@H](Br)[C@@H]2OC(=O)CC. The first-order valence-electron chi connectivity index (χ1n) is 25.8. The van der Waals surface area contributed by atoms with Crippen molar-refractivity contribution in [3.8, 4) is 0 Å². The van der Waals surface area contributed by atoms with Crippen LogP contribution in [0.2, 0.25) is 0 Å². The maximum Gasteiger partial charge on any atom is 0.306 e. The van der Waals surface area contributed by atoms with Crippen LogP contribution < -0.4 is 0 Å². The third kappa shape index (κ3) is 9.84. The smallest absolute Gasteiger partial charge is 0.306 e. The zero-order chi connectivity index (χ0) is 47.2. The Morgan fingerprint density at radius 2 is 1.17 bits per heavy atom. The van der Waals surface area contributed by atoms with Crippen LogP contribution in [-0.4, -0.2) is 80.4 Å². The highest BCUT2D eigenvalue weighted by Gasteiger charge is 2.66. The summed E-state index contributed by atoms with van der Waals surface area (Å²) in [6.07, 6.45) is 18.4. The summed E-state index contributed by atoms with van der Waals surface area (Å²) in [6.45, 7) is 16.8. The minimum Gasteiger partial charge on any atom is -0.462 e. The van der Waals surface area contributed by atoms with Crippen molar-refractivity contribution in [2.45, 2.75) is 230 Å². The Kier molecular flexibility index (Phi) is 16.2. The normalized spacial score (nSPS) is 45.9. The molecule has 0 aromatic heterocycles. The number of fused-ring (bicyclic) bond motifs is 10. The van der Waals surface area contributed by atoms with Gasteiger partial charge in [-0.1, -0.05) is 105 Å². The van der Waals surface area contributed by atoms with Gasteiger partial charge in [-0.3, -0.25) is 19.2 Å². The molecule has 10 nitrogen and oxygen atoms in total. The van der Waals surface area contributed by atoms with Crippen LogP contribution in [0.5, 0.6) is 0 Å². The lowest BCUT2D eigenvalue weighted by atomic mass is 9.44. The van der Waals surface area contributed by atoms with Crippen LogP contribution in [0.1, 0.15) is 184 Å². The van der Waals surface area contributed by atoms with E-state index in [0.29, 0.717) is 48.9 Å². The van der Waals surface area contributed by atoms with Crippen molar-refractivity contribution in [3.63, 3.8) is 0 Å². The highest BCUT2D eigenvalue weighted by molar-refractivity contribution is 9.09. The summed E-state index contributed by atoms with van der Waals surface area (Å²) in [4.78, 5) is 48.6. The third-order valence-electron chi connectivity index (χ3n) is 19.4. The van der Waals surface area contributed by atoms with Crippen molar-refractivity contribution in [2.24, 2.45) is 63.1 Å². The molecule has 368 valence electrons. The summed E-state index contributed by atoms with van der Waals surface area (Å²) < 4.78 is 23.4. The first-order chi connectivity index (χ1) is 30.7. The van der Waals surface area contributed by atoms with Crippen molar-refractivity contribution in [3.05, 3.63) is 11.6 Å². The van der Waals surface area contributed by atoms with Gasteiger partial charge in [0.2, 0.25) is 0 Å². The molecular weight excluding hydrogens is 956 g/mol. The summed E-state index contributed by atoms with van der Waals surface area (Å²) >= 11 is 7.65. The topological polar surface area (TPSA) is 146 Å². The fraction of sp³-hybridized carbons (Fsp3) is 0.887.